The van der Waals surface area contributed by atoms with Crippen molar-refractivity contribution < 1.29 is 4.79 Å². The summed E-state index contributed by atoms with van der Waals surface area (Å²) in [6.45, 7) is 0. The summed E-state index contributed by atoms with van der Waals surface area (Å²) in [5.41, 5.74) is 0.774. The maximum absolute atomic E-state index is 10.3. The van der Waals surface area contributed by atoms with E-state index in [2.05, 4.69) is 4.98 Å². The number of hydrogen-bond donors (Lipinski definition) is 0. The van der Waals surface area contributed by atoms with Crippen LogP contribution in [0.3, 0.4) is 0 Å². The molecule has 0 aliphatic rings. The fourth-order valence-corrected chi connectivity index (χ4v) is 0.868. The summed E-state index contributed by atoms with van der Waals surface area (Å²) in [6.07, 6.45) is 2.70. The van der Waals surface area contributed by atoms with Crippen molar-refractivity contribution in [2.24, 2.45) is 5.92 Å². The van der Waals surface area contributed by atoms with E-state index in [0.29, 0.717) is 12.7 Å². The van der Waals surface area contributed by atoms with E-state index in [0.717, 1.165) is 5.69 Å². The molecular formula is C9H9N2NaO. The quantitative estimate of drug-likeness (QED) is 0.502. The summed E-state index contributed by atoms with van der Waals surface area (Å²) < 4.78 is 0. The molecule has 1 heterocycles. The number of nitrogens with zero attached hydrogens (tertiary/aromatic N) is 2. The normalized spacial score (nSPS) is 10.7. The monoisotopic (exact) mass is 184 g/mol. The first-order chi connectivity index (χ1) is 5.86. The SMILES string of the molecule is N#CC(C=O)Cc1ccccn1.[NaH]. The third kappa shape index (κ3) is 4.18. The molecule has 0 aliphatic carbocycles. The summed E-state index contributed by atoms with van der Waals surface area (Å²) in [7, 11) is 0. The van der Waals surface area contributed by atoms with Crippen molar-refractivity contribution in [3.8, 4) is 6.07 Å². The van der Waals surface area contributed by atoms with Gasteiger partial charge in [-0.15, -0.1) is 0 Å². The first kappa shape index (κ1) is 12.3. The van der Waals surface area contributed by atoms with Crippen molar-refractivity contribution in [2.75, 3.05) is 0 Å². The Morgan fingerprint density at radius 2 is 2.38 bits per heavy atom. The molecule has 0 radical (unpaired) electrons. The van der Waals surface area contributed by atoms with Crippen molar-refractivity contribution >= 4 is 35.8 Å². The van der Waals surface area contributed by atoms with Gasteiger partial charge in [-0.2, -0.15) is 5.26 Å². The second-order valence-electron chi connectivity index (χ2n) is 2.40. The molecule has 62 valence electrons. The molecule has 1 unspecified atom stereocenters. The topological polar surface area (TPSA) is 53.8 Å². The third-order valence-electron chi connectivity index (χ3n) is 1.49. The minimum atomic E-state index is -0.570. The van der Waals surface area contributed by atoms with Crippen LogP contribution in [0.4, 0.5) is 0 Å². The van der Waals surface area contributed by atoms with Crippen molar-refractivity contribution in [1.29, 1.82) is 5.26 Å². The number of pyridine rings is 1. The molecule has 0 aliphatic heterocycles. The second kappa shape index (κ2) is 6.79. The molecular weight excluding hydrogens is 175 g/mol. The molecule has 0 amide bonds. The van der Waals surface area contributed by atoms with Crippen LogP contribution < -0.4 is 0 Å². The van der Waals surface area contributed by atoms with Crippen LogP contribution in [0.5, 0.6) is 0 Å². The predicted molar refractivity (Wildman–Crippen MR) is 50.3 cm³/mol. The fraction of sp³-hybridized carbons (Fsp3) is 0.222. The summed E-state index contributed by atoms with van der Waals surface area (Å²) in [5.74, 6) is -0.570. The van der Waals surface area contributed by atoms with E-state index in [1.807, 2.05) is 12.1 Å². The summed E-state index contributed by atoms with van der Waals surface area (Å²) in [5, 5.41) is 8.48. The van der Waals surface area contributed by atoms with Crippen LogP contribution in [0.15, 0.2) is 24.4 Å². The molecule has 1 rings (SSSR count). The Kier molecular flexibility index (Phi) is 6.43. The molecule has 0 spiro atoms. The van der Waals surface area contributed by atoms with E-state index in [4.69, 9.17) is 5.26 Å². The molecule has 0 saturated carbocycles. The Morgan fingerprint density at radius 3 is 2.85 bits per heavy atom. The van der Waals surface area contributed by atoms with Gasteiger partial charge in [0.2, 0.25) is 0 Å². The number of hydrogen-bond acceptors (Lipinski definition) is 3. The molecule has 0 fully saturated rings. The van der Waals surface area contributed by atoms with Crippen molar-refractivity contribution in [3.05, 3.63) is 30.1 Å². The number of carbonyl (C=O) groups excluding carboxylic acids is 1. The van der Waals surface area contributed by atoms with Gasteiger partial charge in [-0.05, 0) is 12.1 Å². The summed E-state index contributed by atoms with van der Waals surface area (Å²) in [4.78, 5) is 14.3. The van der Waals surface area contributed by atoms with Gasteiger partial charge in [0.25, 0.3) is 0 Å². The van der Waals surface area contributed by atoms with E-state index in [9.17, 15) is 4.79 Å². The molecule has 1 aromatic heterocycles. The van der Waals surface area contributed by atoms with Crippen LogP contribution in [0.2, 0.25) is 0 Å². The molecule has 0 N–H and O–H groups in total. The zero-order chi connectivity index (χ0) is 8.81. The zero-order valence-electron chi connectivity index (χ0n) is 6.47. The third-order valence-corrected chi connectivity index (χ3v) is 1.49. The van der Waals surface area contributed by atoms with Crippen molar-refractivity contribution in [1.82, 2.24) is 4.98 Å². The van der Waals surface area contributed by atoms with Crippen LogP contribution in [-0.4, -0.2) is 40.8 Å². The molecule has 0 bridgehead atoms. The van der Waals surface area contributed by atoms with Gasteiger partial charge in [-0.3, -0.25) is 4.98 Å². The Bertz CT molecular complexity index is 294. The van der Waals surface area contributed by atoms with Gasteiger partial charge in [-0.25, -0.2) is 0 Å². The number of aldehydes is 1. The second-order valence-corrected chi connectivity index (χ2v) is 2.40. The molecule has 0 aromatic carbocycles. The molecule has 13 heavy (non-hydrogen) atoms. The Hall–Kier alpha value is -0.690. The van der Waals surface area contributed by atoms with Crippen molar-refractivity contribution in [3.63, 3.8) is 0 Å². The van der Waals surface area contributed by atoms with E-state index in [1.54, 1.807) is 18.3 Å². The van der Waals surface area contributed by atoms with E-state index >= 15 is 0 Å². The molecule has 3 nitrogen and oxygen atoms in total. The van der Waals surface area contributed by atoms with Gasteiger partial charge in [0.15, 0.2) is 0 Å². The Morgan fingerprint density at radius 1 is 1.62 bits per heavy atom. The number of aromatic nitrogens is 1. The standard InChI is InChI=1S/C9H8N2O.Na.H/c10-6-8(7-12)5-9-3-1-2-4-11-9;;/h1-4,7-8H,5H2;;. The van der Waals surface area contributed by atoms with Crippen LogP contribution in [-0.2, 0) is 11.2 Å². The zero-order valence-corrected chi connectivity index (χ0v) is 6.47. The fourth-order valence-electron chi connectivity index (χ4n) is 0.868. The van der Waals surface area contributed by atoms with Gasteiger partial charge in [0.05, 0.1) is 6.07 Å². The first-order valence-electron chi connectivity index (χ1n) is 3.61. The minimum absolute atomic E-state index is 0. The number of carbonyl (C=O) groups is 1. The Balaban J connectivity index is 0.00000144. The first-order valence-corrected chi connectivity index (χ1v) is 3.61. The van der Waals surface area contributed by atoms with E-state index < -0.39 is 5.92 Å². The summed E-state index contributed by atoms with van der Waals surface area (Å²) in [6, 6.07) is 7.32. The van der Waals surface area contributed by atoms with E-state index in [1.165, 1.54) is 0 Å². The maximum atomic E-state index is 10.3. The van der Waals surface area contributed by atoms with E-state index in [-0.39, 0.29) is 29.6 Å². The van der Waals surface area contributed by atoms with Crippen LogP contribution in [0.1, 0.15) is 5.69 Å². The summed E-state index contributed by atoms with van der Waals surface area (Å²) >= 11 is 0. The van der Waals surface area contributed by atoms with Gasteiger partial charge in [-0.1, -0.05) is 6.07 Å². The van der Waals surface area contributed by atoms with Crippen LogP contribution >= 0.6 is 0 Å². The Labute approximate surface area is 99.1 Å². The van der Waals surface area contributed by atoms with Crippen LogP contribution in [0, 0.1) is 17.2 Å². The molecule has 1 atom stereocenters. The van der Waals surface area contributed by atoms with Gasteiger partial charge in [0, 0.05) is 18.3 Å². The average Bonchev–Trinajstić information content (AvgIpc) is 2.16. The molecule has 4 heteroatoms. The van der Waals surface area contributed by atoms with Gasteiger partial charge >= 0.3 is 29.6 Å². The van der Waals surface area contributed by atoms with Gasteiger partial charge < -0.3 is 4.79 Å². The molecule has 0 saturated heterocycles. The van der Waals surface area contributed by atoms with Crippen LogP contribution in [0.25, 0.3) is 0 Å². The van der Waals surface area contributed by atoms with Crippen molar-refractivity contribution in [2.45, 2.75) is 6.42 Å². The predicted octanol–water partition coefficient (Wildman–Crippen LogP) is 0.314. The van der Waals surface area contributed by atoms with Gasteiger partial charge in [0.1, 0.15) is 12.2 Å². The molecule has 1 aromatic rings. The average molecular weight is 184 g/mol. The number of nitriles is 1. The number of rotatable bonds is 3.